The molecule has 4 rings (SSSR count). The molecule has 1 saturated carbocycles. The molecular weight excluding hydrogens is 304 g/mol. The van der Waals surface area contributed by atoms with Gasteiger partial charge in [-0.05, 0) is 30.5 Å². The Morgan fingerprint density at radius 1 is 1.04 bits per heavy atom. The van der Waals surface area contributed by atoms with Crippen LogP contribution in [0.1, 0.15) is 34.9 Å². The number of nitrogens with one attached hydrogen (secondary N) is 1. The standard InChI is InChI=1S/C19H20N2O3/c22-18(20-14-8-9-14)16-12-21(19(23)17-7-4-10-24-17)11-15(16)13-5-2-1-3-6-13/h1-7,10,14-16H,8-9,11-12H2,(H,20,22)/t15-,16+/m0/s1. The van der Waals surface area contributed by atoms with Gasteiger partial charge in [-0.1, -0.05) is 30.3 Å². The molecule has 0 spiro atoms. The lowest BCUT2D eigenvalue weighted by Crippen LogP contribution is -2.36. The van der Waals surface area contributed by atoms with E-state index in [1.165, 1.54) is 6.26 Å². The van der Waals surface area contributed by atoms with Gasteiger partial charge in [-0.3, -0.25) is 9.59 Å². The second-order valence-electron chi connectivity index (χ2n) is 6.59. The molecule has 5 heteroatoms. The van der Waals surface area contributed by atoms with E-state index in [2.05, 4.69) is 5.32 Å². The maximum Gasteiger partial charge on any atom is 0.289 e. The number of nitrogens with zero attached hydrogens (tertiary/aromatic N) is 1. The lowest BCUT2D eigenvalue weighted by atomic mass is 9.88. The molecule has 5 nitrogen and oxygen atoms in total. The minimum atomic E-state index is -0.216. The third-order valence-corrected chi connectivity index (χ3v) is 4.83. The van der Waals surface area contributed by atoms with Crippen molar-refractivity contribution in [3.8, 4) is 0 Å². The summed E-state index contributed by atoms with van der Waals surface area (Å²) in [6, 6.07) is 13.7. The normalized spacial score (nSPS) is 23.2. The molecule has 0 unspecified atom stereocenters. The van der Waals surface area contributed by atoms with E-state index >= 15 is 0 Å². The van der Waals surface area contributed by atoms with Gasteiger partial charge in [0.2, 0.25) is 5.91 Å². The average Bonchev–Trinajstić information content (AvgIpc) is 3.11. The molecule has 0 radical (unpaired) electrons. The first-order chi connectivity index (χ1) is 11.7. The minimum absolute atomic E-state index is 0.0175. The fraction of sp³-hybridized carbons (Fsp3) is 0.368. The van der Waals surface area contributed by atoms with Crippen LogP contribution < -0.4 is 5.32 Å². The predicted octanol–water partition coefficient (Wildman–Crippen LogP) is 2.41. The summed E-state index contributed by atoms with van der Waals surface area (Å²) < 4.78 is 5.23. The zero-order chi connectivity index (χ0) is 16.5. The summed E-state index contributed by atoms with van der Waals surface area (Å²) in [5.74, 6) is 0.0320. The Hall–Kier alpha value is -2.56. The quantitative estimate of drug-likeness (QED) is 0.939. The van der Waals surface area contributed by atoms with Crippen LogP contribution in [0.3, 0.4) is 0 Å². The molecule has 2 aromatic rings. The molecule has 1 saturated heterocycles. The molecule has 2 fully saturated rings. The minimum Gasteiger partial charge on any atom is -0.459 e. The van der Waals surface area contributed by atoms with Crippen LogP contribution in [0.15, 0.2) is 53.1 Å². The van der Waals surface area contributed by atoms with Crippen molar-refractivity contribution >= 4 is 11.8 Å². The SMILES string of the molecule is O=C(NC1CC1)[C@@H]1CN(C(=O)c2ccco2)C[C@H]1c1ccccc1. The fourth-order valence-electron chi connectivity index (χ4n) is 3.37. The van der Waals surface area contributed by atoms with Gasteiger partial charge in [0.15, 0.2) is 5.76 Å². The van der Waals surface area contributed by atoms with Crippen molar-refractivity contribution in [2.45, 2.75) is 24.8 Å². The van der Waals surface area contributed by atoms with Gasteiger partial charge in [-0.25, -0.2) is 0 Å². The summed E-state index contributed by atoms with van der Waals surface area (Å²) in [4.78, 5) is 27.0. The summed E-state index contributed by atoms with van der Waals surface area (Å²) in [6.45, 7) is 0.962. The van der Waals surface area contributed by atoms with Gasteiger partial charge in [-0.2, -0.15) is 0 Å². The van der Waals surface area contributed by atoms with Crippen LogP contribution in [-0.4, -0.2) is 35.8 Å². The highest BCUT2D eigenvalue weighted by molar-refractivity contribution is 5.92. The maximum absolute atomic E-state index is 12.7. The van der Waals surface area contributed by atoms with Crippen molar-refractivity contribution in [1.82, 2.24) is 10.2 Å². The third kappa shape index (κ3) is 2.94. The lowest BCUT2D eigenvalue weighted by molar-refractivity contribution is -0.125. The van der Waals surface area contributed by atoms with E-state index in [1.807, 2.05) is 30.3 Å². The monoisotopic (exact) mass is 324 g/mol. The van der Waals surface area contributed by atoms with Crippen LogP contribution in [0.4, 0.5) is 0 Å². The van der Waals surface area contributed by atoms with Gasteiger partial charge < -0.3 is 14.6 Å². The Labute approximate surface area is 140 Å². The Morgan fingerprint density at radius 2 is 1.83 bits per heavy atom. The Kier molecular flexibility index (Phi) is 3.84. The van der Waals surface area contributed by atoms with E-state index in [0.717, 1.165) is 18.4 Å². The number of carbonyl (C=O) groups excluding carboxylic acids is 2. The lowest BCUT2D eigenvalue weighted by Gasteiger charge is -2.17. The molecule has 2 aliphatic rings. The summed E-state index contributed by atoms with van der Waals surface area (Å²) in [5.41, 5.74) is 1.10. The predicted molar refractivity (Wildman–Crippen MR) is 88.4 cm³/mol. The van der Waals surface area contributed by atoms with E-state index in [1.54, 1.807) is 17.0 Å². The second-order valence-corrected chi connectivity index (χ2v) is 6.59. The highest BCUT2D eigenvalue weighted by Gasteiger charge is 2.42. The fourth-order valence-corrected chi connectivity index (χ4v) is 3.37. The van der Waals surface area contributed by atoms with Crippen molar-refractivity contribution in [2.75, 3.05) is 13.1 Å². The van der Waals surface area contributed by atoms with Crippen molar-refractivity contribution < 1.29 is 14.0 Å². The van der Waals surface area contributed by atoms with Crippen LogP contribution in [-0.2, 0) is 4.79 Å². The highest BCUT2D eigenvalue weighted by atomic mass is 16.3. The smallest absolute Gasteiger partial charge is 0.289 e. The molecule has 1 aliphatic heterocycles. The van der Waals surface area contributed by atoms with Gasteiger partial charge in [0.1, 0.15) is 0 Å². The number of likely N-dealkylation sites (tertiary alicyclic amines) is 1. The molecule has 1 aliphatic carbocycles. The average molecular weight is 324 g/mol. The van der Waals surface area contributed by atoms with Crippen LogP contribution in [0.2, 0.25) is 0 Å². The first kappa shape index (κ1) is 15.0. The van der Waals surface area contributed by atoms with E-state index < -0.39 is 0 Å². The molecule has 24 heavy (non-hydrogen) atoms. The van der Waals surface area contributed by atoms with Crippen molar-refractivity contribution in [3.63, 3.8) is 0 Å². The molecule has 2 atom stereocenters. The highest BCUT2D eigenvalue weighted by Crippen LogP contribution is 2.34. The molecule has 1 N–H and O–H groups in total. The van der Waals surface area contributed by atoms with E-state index in [4.69, 9.17) is 4.42 Å². The van der Waals surface area contributed by atoms with Crippen molar-refractivity contribution in [2.24, 2.45) is 5.92 Å². The molecule has 1 aromatic carbocycles. The van der Waals surface area contributed by atoms with Gasteiger partial charge in [0.05, 0.1) is 12.2 Å². The topological polar surface area (TPSA) is 62.6 Å². The number of hydrogen-bond donors (Lipinski definition) is 1. The zero-order valence-electron chi connectivity index (χ0n) is 13.4. The summed E-state index contributed by atoms with van der Waals surface area (Å²) in [5, 5.41) is 3.09. The van der Waals surface area contributed by atoms with Gasteiger partial charge in [0.25, 0.3) is 5.91 Å². The van der Waals surface area contributed by atoms with Gasteiger partial charge in [-0.15, -0.1) is 0 Å². The maximum atomic E-state index is 12.7. The van der Waals surface area contributed by atoms with Gasteiger partial charge >= 0.3 is 0 Å². The van der Waals surface area contributed by atoms with Crippen LogP contribution in [0, 0.1) is 5.92 Å². The summed E-state index contributed by atoms with van der Waals surface area (Å²) in [7, 11) is 0. The summed E-state index contributed by atoms with van der Waals surface area (Å²) in [6.07, 6.45) is 3.61. The van der Waals surface area contributed by atoms with Crippen LogP contribution >= 0.6 is 0 Å². The second kappa shape index (κ2) is 6.15. The largest absolute Gasteiger partial charge is 0.459 e. The Bertz CT molecular complexity index is 722. The van der Waals surface area contributed by atoms with E-state index in [0.29, 0.717) is 24.9 Å². The first-order valence-electron chi connectivity index (χ1n) is 8.40. The number of carbonyl (C=O) groups is 2. The third-order valence-electron chi connectivity index (χ3n) is 4.83. The van der Waals surface area contributed by atoms with Crippen molar-refractivity contribution in [1.29, 1.82) is 0 Å². The molecule has 124 valence electrons. The van der Waals surface area contributed by atoms with Crippen molar-refractivity contribution in [3.05, 3.63) is 60.1 Å². The van der Waals surface area contributed by atoms with Crippen LogP contribution in [0.5, 0.6) is 0 Å². The zero-order valence-corrected chi connectivity index (χ0v) is 13.4. The van der Waals surface area contributed by atoms with E-state index in [9.17, 15) is 9.59 Å². The summed E-state index contributed by atoms with van der Waals surface area (Å²) >= 11 is 0. The Morgan fingerprint density at radius 3 is 2.50 bits per heavy atom. The number of hydrogen-bond acceptors (Lipinski definition) is 3. The molecule has 0 bridgehead atoms. The Balaban J connectivity index is 1.57. The number of benzene rings is 1. The van der Waals surface area contributed by atoms with E-state index in [-0.39, 0.29) is 23.7 Å². The molecular formula is C19H20N2O3. The number of furan rings is 1. The number of amides is 2. The van der Waals surface area contributed by atoms with Crippen LogP contribution in [0.25, 0.3) is 0 Å². The molecule has 2 amide bonds. The first-order valence-corrected chi connectivity index (χ1v) is 8.40. The molecule has 2 heterocycles. The number of rotatable bonds is 4. The molecule has 1 aromatic heterocycles. The van der Waals surface area contributed by atoms with Gasteiger partial charge in [0, 0.05) is 25.0 Å².